The number of amides is 4. The molecule has 1 aliphatic carbocycles. The number of rotatable bonds is 12. The van der Waals surface area contributed by atoms with Crippen molar-refractivity contribution >= 4 is 46.6 Å². The monoisotopic (exact) mass is 838 g/mol. The Morgan fingerprint density at radius 2 is 1.61 bits per heavy atom. The summed E-state index contributed by atoms with van der Waals surface area (Å²) in [4.78, 5) is 59.9. The molecule has 5 aliphatic rings. The van der Waals surface area contributed by atoms with Gasteiger partial charge in [-0.05, 0) is 100 Å². The number of aryl methyl sites for hydroxylation is 2. The van der Waals surface area contributed by atoms with Crippen molar-refractivity contribution in [3.8, 4) is 16.8 Å². The summed E-state index contributed by atoms with van der Waals surface area (Å²) in [6.07, 6.45) is 12.5. The Morgan fingerprint density at radius 1 is 0.836 bits per heavy atom. The number of piperidine rings is 2. The third-order valence-corrected chi connectivity index (χ3v) is 13.1. The second kappa shape index (κ2) is 15.8. The van der Waals surface area contributed by atoms with E-state index in [0.717, 1.165) is 128 Å². The molecule has 5 aromatic rings. The number of aromatic nitrogens is 5. The van der Waals surface area contributed by atoms with Gasteiger partial charge in [0.15, 0.2) is 5.82 Å². The zero-order valence-electron chi connectivity index (χ0n) is 34.1. The van der Waals surface area contributed by atoms with Gasteiger partial charge in [0, 0.05) is 65.7 Å². The average Bonchev–Trinajstić information content (AvgIpc) is 3.60. The number of unbranched alkanes of at least 4 members (excludes halogenated alkanes) is 3. The molecule has 3 aromatic carbocycles. The molecule has 15 heteroatoms. The maximum absolute atomic E-state index is 13.5. The maximum atomic E-state index is 13.5. The van der Waals surface area contributed by atoms with Gasteiger partial charge in [0.1, 0.15) is 17.4 Å². The molecule has 10 rings (SSSR count). The first-order chi connectivity index (χ1) is 29.7. The van der Waals surface area contributed by atoms with Gasteiger partial charge >= 0.3 is 0 Å². The van der Waals surface area contributed by atoms with Crippen molar-refractivity contribution in [2.24, 2.45) is 4.99 Å². The van der Waals surface area contributed by atoms with Crippen molar-refractivity contribution < 1.29 is 19.2 Å². The number of carbonyl (C=O) groups excluding carboxylic acids is 4. The van der Waals surface area contributed by atoms with E-state index in [0.29, 0.717) is 21.8 Å². The summed E-state index contributed by atoms with van der Waals surface area (Å²) >= 11 is 6.29. The number of nitrogens with zero attached hydrogens (tertiary/aromatic N) is 8. The van der Waals surface area contributed by atoms with Gasteiger partial charge in [0.25, 0.3) is 11.8 Å². The van der Waals surface area contributed by atoms with E-state index in [-0.39, 0.29) is 30.3 Å². The Balaban J connectivity index is 0.707. The van der Waals surface area contributed by atoms with Crippen molar-refractivity contribution in [3.63, 3.8) is 0 Å². The standard InChI is InChI=1S/C46H47ClN10O4/c1-28-52-53-45-46(19-20-46)51-41(29-9-12-32(47)13-10-29)35-25-30(11-14-37(35)56(28)45)31-26-48-55(27-31)22-5-3-2-4-21-54-23-17-33(18-24-54)49-36-8-6-7-34-40(36)44(61)57(43(34)60)38-15-16-39(58)50-42(38)59/h6-14,25-27,33,38,49H,2-5,15-24H2,1H3,(H,50,58,59). The number of fused-ring (bicyclic) bond motifs is 5. The van der Waals surface area contributed by atoms with Crippen LogP contribution >= 0.6 is 11.6 Å². The second-order valence-corrected chi connectivity index (χ2v) is 17.4. The van der Waals surface area contributed by atoms with Crippen LogP contribution in [0.1, 0.15) is 108 Å². The van der Waals surface area contributed by atoms with Crippen molar-refractivity contribution in [2.75, 3.05) is 25.0 Å². The molecule has 1 unspecified atom stereocenters. The highest BCUT2D eigenvalue weighted by Crippen LogP contribution is 2.52. The minimum Gasteiger partial charge on any atom is -0.382 e. The van der Waals surface area contributed by atoms with Crippen LogP contribution < -0.4 is 10.6 Å². The van der Waals surface area contributed by atoms with Crippen LogP contribution in [-0.2, 0) is 21.7 Å². The lowest BCUT2D eigenvalue weighted by Crippen LogP contribution is -2.54. The van der Waals surface area contributed by atoms with Crippen LogP contribution in [0.5, 0.6) is 0 Å². The van der Waals surface area contributed by atoms with Gasteiger partial charge in [0.05, 0.1) is 28.7 Å². The summed E-state index contributed by atoms with van der Waals surface area (Å²) in [6, 6.07) is 18.9. The van der Waals surface area contributed by atoms with E-state index < -0.39 is 23.8 Å². The Kier molecular flexibility index (Phi) is 10.1. The molecule has 1 atom stereocenters. The first kappa shape index (κ1) is 39.2. The molecule has 2 aromatic heterocycles. The Labute approximate surface area is 358 Å². The van der Waals surface area contributed by atoms with Crippen LogP contribution in [-0.4, -0.2) is 95.4 Å². The predicted octanol–water partition coefficient (Wildman–Crippen LogP) is 6.47. The highest BCUT2D eigenvalue weighted by atomic mass is 35.5. The normalized spacial score (nSPS) is 19.7. The molecule has 14 nitrogen and oxygen atoms in total. The molecule has 61 heavy (non-hydrogen) atoms. The smallest absolute Gasteiger partial charge is 0.264 e. The van der Waals surface area contributed by atoms with Crippen molar-refractivity contribution in [2.45, 2.75) is 95.3 Å². The van der Waals surface area contributed by atoms with E-state index in [1.54, 1.807) is 12.1 Å². The quantitative estimate of drug-likeness (QED) is 0.106. The fourth-order valence-electron chi connectivity index (χ4n) is 9.41. The van der Waals surface area contributed by atoms with E-state index in [9.17, 15) is 19.2 Å². The molecule has 2 N–H and O–H groups in total. The van der Waals surface area contributed by atoms with Crippen molar-refractivity contribution in [1.29, 1.82) is 0 Å². The SMILES string of the molecule is Cc1nnc2n1-c1ccc(-c3cnn(CCCCCCN4CCC(Nc5cccc6c5C(=O)N(C5CCC(=O)NC5=O)C6=O)CC4)c3)cc1C(c1ccc(Cl)cc1)=NC21CC1. The van der Waals surface area contributed by atoms with E-state index in [1.165, 1.54) is 0 Å². The van der Waals surface area contributed by atoms with Crippen LogP contribution in [0.15, 0.2) is 78.0 Å². The van der Waals surface area contributed by atoms with E-state index in [4.69, 9.17) is 21.7 Å². The highest BCUT2D eigenvalue weighted by molar-refractivity contribution is 6.30. The molecule has 312 valence electrons. The van der Waals surface area contributed by atoms with Gasteiger partial charge in [-0.15, -0.1) is 10.2 Å². The lowest BCUT2D eigenvalue weighted by Gasteiger charge is -2.33. The second-order valence-electron chi connectivity index (χ2n) is 17.0. The summed E-state index contributed by atoms with van der Waals surface area (Å²) in [5.74, 6) is -0.209. The molecule has 1 spiro atoms. The lowest BCUT2D eigenvalue weighted by molar-refractivity contribution is -0.136. The molecule has 4 amide bonds. The van der Waals surface area contributed by atoms with Crippen LogP contribution in [0, 0.1) is 6.92 Å². The number of halogens is 1. The van der Waals surface area contributed by atoms with Gasteiger partial charge in [-0.25, -0.2) is 0 Å². The Bertz CT molecular complexity index is 2600. The number of carbonyl (C=O) groups is 4. The summed E-state index contributed by atoms with van der Waals surface area (Å²) in [7, 11) is 0. The fraction of sp³-hybridized carbons (Fsp3) is 0.391. The topological polar surface area (TPSA) is 160 Å². The molecule has 0 bridgehead atoms. The molecule has 4 aliphatic heterocycles. The van der Waals surface area contributed by atoms with Gasteiger partial charge in [-0.1, -0.05) is 48.7 Å². The van der Waals surface area contributed by atoms with Crippen LogP contribution in [0.2, 0.25) is 5.02 Å². The molecular formula is C46H47ClN10O4. The van der Waals surface area contributed by atoms with Crippen LogP contribution in [0.25, 0.3) is 16.8 Å². The van der Waals surface area contributed by atoms with Gasteiger partial charge in [-0.2, -0.15) is 5.10 Å². The van der Waals surface area contributed by atoms with E-state index >= 15 is 0 Å². The summed E-state index contributed by atoms with van der Waals surface area (Å²) in [5.41, 5.74) is 7.04. The van der Waals surface area contributed by atoms with Gasteiger partial charge in [0.2, 0.25) is 11.8 Å². The molecular weight excluding hydrogens is 792 g/mol. The largest absolute Gasteiger partial charge is 0.382 e. The zero-order valence-corrected chi connectivity index (χ0v) is 34.8. The minimum atomic E-state index is -0.978. The summed E-state index contributed by atoms with van der Waals surface area (Å²) < 4.78 is 4.22. The molecule has 2 saturated heterocycles. The van der Waals surface area contributed by atoms with Crippen molar-refractivity contribution in [1.82, 2.24) is 39.7 Å². The third-order valence-electron chi connectivity index (χ3n) is 12.9. The van der Waals surface area contributed by atoms with Gasteiger partial charge in [-0.3, -0.25) is 43.6 Å². The Morgan fingerprint density at radius 3 is 2.38 bits per heavy atom. The van der Waals surface area contributed by atoms with Gasteiger partial charge < -0.3 is 10.2 Å². The number of benzene rings is 3. The number of hydrogen-bond donors (Lipinski definition) is 2. The summed E-state index contributed by atoms with van der Waals surface area (Å²) in [6.45, 7) is 5.81. The maximum Gasteiger partial charge on any atom is 0.264 e. The average molecular weight is 839 g/mol. The van der Waals surface area contributed by atoms with E-state index in [2.05, 4.69) is 54.7 Å². The molecule has 6 heterocycles. The first-order valence-electron chi connectivity index (χ1n) is 21.5. The predicted molar refractivity (Wildman–Crippen MR) is 230 cm³/mol. The number of likely N-dealkylation sites (tertiary alicyclic amines) is 1. The molecule has 1 saturated carbocycles. The minimum absolute atomic E-state index is 0.0932. The lowest BCUT2D eigenvalue weighted by atomic mass is 9.96. The number of aliphatic imine (C=N–C) groups is 1. The molecule has 3 fully saturated rings. The van der Waals surface area contributed by atoms with Crippen LogP contribution in [0.3, 0.4) is 0 Å². The third kappa shape index (κ3) is 7.35. The summed E-state index contributed by atoms with van der Waals surface area (Å²) in [5, 5.41) is 20.3. The van der Waals surface area contributed by atoms with Crippen LogP contribution in [0.4, 0.5) is 5.69 Å². The highest BCUT2D eigenvalue weighted by Gasteiger charge is 2.51. The number of nitrogens with one attached hydrogen (secondary N) is 2. The number of anilines is 1. The number of hydrogen-bond acceptors (Lipinski definition) is 10. The fourth-order valence-corrected chi connectivity index (χ4v) is 9.54. The zero-order chi connectivity index (χ0) is 41.8. The molecule has 0 radical (unpaired) electrons. The first-order valence-corrected chi connectivity index (χ1v) is 21.8. The van der Waals surface area contributed by atoms with E-state index in [1.807, 2.05) is 48.1 Å². The number of imide groups is 2. The Hall–Kier alpha value is -5.99. The van der Waals surface area contributed by atoms with Crippen molar-refractivity contribution in [3.05, 3.63) is 112 Å².